The molecular formula is C20H20N6O. The van der Waals surface area contributed by atoms with Gasteiger partial charge in [0.1, 0.15) is 17.3 Å². The minimum atomic E-state index is 0.0317. The van der Waals surface area contributed by atoms with E-state index in [4.69, 9.17) is 10.2 Å². The number of hydrogen-bond donors (Lipinski definition) is 3. The molecule has 0 saturated carbocycles. The van der Waals surface area contributed by atoms with Crippen molar-refractivity contribution in [3.8, 4) is 17.5 Å². The highest BCUT2D eigenvalue weighted by Crippen LogP contribution is 2.30. The second-order valence-corrected chi connectivity index (χ2v) is 6.62. The predicted octanol–water partition coefficient (Wildman–Crippen LogP) is 3.42. The summed E-state index contributed by atoms with van der Waals surface area (Å²) in [4.78, 5) is 8.45. The third kappa shape index (κ3) is 3.29. The average Bonchev–Trinajstić information content (AvgIpc) is 3.22. The molecule has 7 heteroatoms. The Labute approximate surface area is 157 Å². The van der Waals surface area contributed by atoms with Gasteiger partial charge in [0.2, 0.25) is 5.95 Å². The molecule has 0 bridgehead atoms. The fourth-order valence-corrected chi connectivity index (χ4v) is 3.43. The summed E-state index contributed by atoms with van der Waals surface area (Å²) in [6.45, 7) is 2.07. The molecule has 0 spiro atoms. The summed E-state index contributed by atoms with van der Waals surface area (Å²) in [6.07, 6.45) is 3.53. The number of aryl methyl sites for hydroxylation is 1. The van der Waals surface area contributed by atoms with E-state index in [1.54, 1.807) is 12.1 Å². The van der Waals surface area contributed by atoms with E-state index >= 15 is 0 Å². The molecule has 2 aromatic heterocycles. The first-order chi connectivity index (χ1) is 13.2. The molecule has 2 atom stereocenters. The second kappa shape index (κ2) is 7.00. The number of furan rings is 1. The zero-order valence-electron chi connectivity index (χ0n) is 14.9. The second-order valence-electron chi connectivity index (χ2n) is 6.62. The lowest BCUT2D eigenvalue weighted by Gasteiger charge is -2.32. The van der Waals surface area contributed by atoms with Crippen LogP contribution < -0.4 is 16.4 Å². The van der Waals surface area contributed by atoms with Crippen molar-refractivity contribution in [1.82, 2.24) is 9.97 Å². The van der Waals surface area contributed by atoms with Crippen LogP contribution in [-0.4, -0.2) is 22.1 Å². The van der Waals surface area contributed by atoms with Crippen molar-refractivity contribution in [3.63, 3.8) is 0 Å². The quantitative estimate of drug-likeness (QED) is 0.653. The minimum Gasteiger partial charge on any atom is -0.463 e. The number of para-hydroxylation sites is 1. The molecule has 1 aliphatic rings. The average molecular weight is 360 g/mol. The molecule has 0 aliphatic carbocycles. The van der Waals surface area contributed by atoms with E-state index < -0.39 is 0 Å². The SMILES string of the molecule is CC(Nc1nc(N)nc(-c2ccco2)c1C#N)C1CCc2ccccc2N1. The Balaban J connectivity index is 1.60. The molecule has 1 aliphatic heterocycles. The maximum absolute atomic E-state index is 9.67. The first-order valence-corrected chi connectivity index (χ1v) is 8.88. The van der Waals surface area contributed by atoms with E-state index in [9.17, 15) is 5.26 Å². The highest BCUT2D eigenvalue weighted by molar-refractivity contribution is 5.71. The molecule has 2 unspecified atom stereocenters. The van der Waals surface area contributed by atoms with Crippen LogP contribution in [0.25, 0.3) is 11.5 Å². The third-order valence-corrected chi connectivity index (χ3v) is 4.84. The van der Waals surface area contributed by atoms with Crippen LogP contribution in [0.15, 0.2) is 47.1 Å². The Hall–Kier alpha value is -3.53. The largest absolute Gasteiger partial charge is 0.463 e. The molecule has 0 saturated heterocycles. The fraction of sp³-hybridized carbons (Fsp3) is 0.250. The number of hydrogen-bond acceptors (Lipinski definition) is 7. The van der Waals surface area contributed by atoms with Crippen molar-refractivity contribution in [2.75, 3.05) is 16.4 Å². The molecular weight excluding hydrogens is 340 g/mol. The summed E-state index contributed by atoms with van der Waals surface area (Å²) in [5.74, 6) is 1.00. The van der Waals surface area contributed by atoms with Crippen molar-refractivity contribution >= 4 is 17.5 Å². The van der Waals surface area contributed by atoms with Gasteiger partial charge in [-0.15, -0.1) is 0 Å². The standard InChI is InChI=1S/C20H20N6O/c1-12(15-9-8-13-5-2-3-6-16(13)24-15)23-19-14(11-21)18(25-20(22)26-19)17-7-4-10-27-17/h2-7,10,12,15,24H,8-9H2,1H3,(H3,22,23,25,26). The topological polar surface area (TPSA) is 113 Å². The van der Waals surface area contributed by atoms with E-state index in [1.807, 2.05) is 6.07 Å². The van der Waals surface area contributed by atoms with E-state index in [-0.39, 0.29) is 18.0 Å². The molecule has 1 aromatic carbocycles. The summed E-state index contributed by atoms with van der Waals surface area (Å²) in [7, 11) is 0. The zero-order chi connectivity index (χ0) is 18.8. The molecule has 3 heterocycles. The molecule has 7 nitrogen and oxygen atoms in total. The van der Waals surface area contributed by atoms with Gasteiger partial charge in [-0.3, -0.25) is 0 Å². The molecule has 4 N–H and O–H groups in total. The summed E-state index contributed by atoms with van der Waals surface area (Å²) in [6, 6.07) is 14.2. The van der Waals surface area contributed by atoms with Crippen LogP contribution in [0.3, 0.4) is 0 Å². The Morgan fingerprint density at radius 1 is 1.30 bits per heavy atom. The lowest BCUT2D eigenvalue weighted by atomic mass is 9.94. The molecule has 136 valence electrons. The number of nitrogen functional groups attached to an aromatic ring is 1. The lowest BCUT2D eigenvalue weighted by molar-refractivity contribution is 0.565. The van der Waals surface area contributed by atoms with E-state index in [1.165, 1.54) is 11.8 Å². The summed E-state index contributed by atoms with van der Waals surface area (Å²) < 4.78 is 5.40. The van der Waals surface area contributed by atoms with Crippen molar-refractivity contribution in [1.29, 1.82) is 5.26 Å². The number of aromatic nitrogens is 2. The van der Waals surface area contributed by atoms with Crippen molar-refractivity contribution < 1.29 is 4.42 Å². The molecule has 27 heavy (non-hydrogen) atoms. The molecule has 4 rings (SSSR count). The fourth-order valence-electron chi connectivity index (χ4n) is 3.43. The Kier molecular flexibility index (Phi) is 4.38. The highest BCUT2D eigenvalue weighted by Gasteiger charge is 2.25. The molecule has 3 aromatic rings. The van der Waals surface area contributed by atoms with Gasteiger partial charge in [0.05, 0.1) is 6.26 Å². The van der Waals surface area contributed by atoms with Crippen LogP contribution >= 0.6 is 0 Å². The normalized spacial score (nSPS) is 16.7. The van der Waals surface area contributed by atoms with Crippen LogP contribution in [0.4, 0.5) is 17.5 Å². The minimum absolute atomic E-state index is 0.0317. The van der Waals surface area contributed by atoms with Crippen LogP contribution in [-0.2, 0) is 6.42 Å². The molecule has 0 amide bonds. The third-order valence-electron chi connectivity index (χ3n) is 4.84. The lowest BCUT2D eigenvalue weighted by Crippen LogP contribution is -2.40. The first-order valence-electron chi connectivity index (χ1n) is 8.88. The van der Waals surface area contributed by atoms with E-state index in [0.717, 1.165) is 18.5 Å². The van der Waals surface area contributed by atoms with Crippen LogP contribution in [0.1, 0.15) is 24.5 Å². The monoisotopic (exact) mass is 360 g/mol. The zero-order valence-corrected chi connectivity index (χ0v) is 14.9. The Morgan fingerprint density at radius 2 is 2.15 bits per heavy atom. The molecule has 0 radical (unpaired) electrons. The van der Waals surface area contributed by atoms with Gasteiger partial charge in [0.15, 0.2) is 11.6 Å². The first kappa shape index (κ1) is 16.9. The van der Waals surface area contributed by atoms with Gasteiger partial charge in [-0.25, -0.2) is 4.98 Å². The number of anilines is 3. The predicted molar refractivity (Wildman–Crippen MR) is 104 cm³/mol. The number of benzene rings is 1. The van der Waals surface area contributed by atoms with Crippen molar-refractivity contribution in [2.24, 2.45) is 0 Å². The Bertz CT molecular complexity index is 992. The van der Waals surface area contributed by atoms with Crippen LogP contribution in [0, 0.1) is 11.3 Å². The maximum atomic E-state index is 9.67. The number of fused-ring (bicyclic) bond motifs is 1. The van der Waals surface area contributed by atoms with Gasteiger partial charge in [0, 0.05) is 17.8 Å². The summed E-state index contributed by atoms with van der Waals surface area (Å²) in [5.41, 5.74) is 9.07. The van der Waals surface area contributed by atoms with Crippen LogP contribution in [0.2, 0.25) is 0 Å². The number of nitriles is 1. The maximum Gasteiger partial charge on any atom is 0.222 e. The Morgan fingerprint density at radius 3 is 2.93 bits per heavy atom. The van der Waals surface area contributed by atoms with Gasteiger partial charge in [-0.2, -0.15) is 10.2 Å². The smallest absolute Gasteiger partial charge is 0.222 e. The highest BCUT2D eigenvalue weighted by atomic mass is 16.3. The number of nitrogens with two attached hydrogens (primary N) is 1. The molecule has 0 fully saturated rings. The number of nitrogens with one attached hydrogen (secondary N) is 2. The number of nitrogens with zero attached hydrogens (tertiary/aromatic N) is 3. The van der Waals surface area contributed by atoms with E-state index in [2.05, 4.69) is 51.8 Å². The van der Waals surface area contributed by atoms with Gasteiger partial charge in [-0.1, -0.05) is 18.2 Å². The van der Waals surface area contributed by atoms with Gasteiger partial charge < -0.3 is 20.8 Å². The van der Waals surface area contributed by atoms with Crippen LogP contribution in [0.5, 0.6) is 0 Å². The summed E-state index contributed by atoms with van der Waals surface area (Å²) in [5, 5.41) is 16.6. The van der Waals surface area contributed by atoms with Gasteiger partial charge >= 0.3 is 0 Å². The van der Waals surface area contributed by atoms with Gasteiger partial charge in [0.25, 0.3) is 0 Å². The van der Waals surface area contributed by atoms with E-state index in [0.29, 0.717) is 22.8 Å². The number of rotatable bonds is 4. The van der Waals surface area contributed by atoms with Crippen molar-refractivity contribution in [3.05, 3.63) is 53.8 Å². The van der Waals surface area contributed by atoms with Crippen molar-refractivity contribution in [2.45, 2.75) is 31.8 Å². The summed E-state index contributed by atoms with van der Waals surface area (Å²) >= 11 is 0. The van der Waals surface area contributed by atoms with Gasteiger partial charge in [-0.05, 0) is 43.5 Å².